The van der Waals surface area contributed by atoms with Crippen molar-refractivity contribution in [1.29, 1.82) is 0 Å². The Labute approximate surface area is 148 Å². The zero-order chi connectivity index (χ0) is 17.4. The lowest BCUT2D eigenvalue weighted by atomic mass is 9.85. The van der Waals surface area contributed by atoms with Gasteiger partial charge in [0.1, 0.15) is 5.75 Å². The molecule has 2 aliphatic heterocycles. The third kappa shape index (κ3) is 2.91. The molecular formula is C21H24N2O2. The highest BCUT2D eigenvalue weighted by Crippen LogP contribution is 2.46. The minimum Gasteiger partial charge on any atom is -0.493 e. The Balaban J connectivity index is 1.49. The van der Waals surface area contributed by atoms with Crippen molar-refractivity contribution < 1.29 is 9.53 Å². The third-order valence-electron chi connectivity index (χ3n) is 5.60. The van der Waals surface area contributed by atoms with Gasteiger partial charge in [-0.15, -0.1) is 0 Å². The van der Waals surface area contributed by atoms with Crippen molar-refractivity contribution in [2.24, 2.45) is 11.8 Å². The summed E-state index contributed by atoms with van der Waals surface area (Å²) in [6.45, 7) is 4.04. The quantitative estimate of drug-likeness (QED) is 0.937. The number of carbonyl (C=O) groups excluding carboxylic acids is 1. The molecule has 2 heterocycles. The number of amides is 1. The molecule has 4 heteroatoms. The molecule has 0 aliphatic carbocycles. The van der Waals surface area contributed by atoms with Crippen molar-refractivity contribution in [3.05, 3.63) is 65.2 Å². The van der Waals surface area contributed by atoms with Gasteiger partial charge in [-0.3, -0.25) is 9.69 Å². The van der Waals surface area contributed by atoms with Crippen molar-refractivity contribution in [2.45, 2.75) is 19.5 Å². The Morgan fingerprint density at radius 3 is 2.80 bits per heavy atom. The summed E-state index contributed by atoms with van der Waals surface area (Å²) in [5.74, 6) is 1.26. The molecule has 0 radical (unpaired) electrons. The van der Waals surface area contributed by atoms with Crippen LogP contribution in [0.1, 0.15) is 22.7 Å². The van der Waals surface area contributed by atoms with E-state index in [-0.39, 0.29) is 23.8 Å². The van der Waals surface area contributed by atoms with E-state index in [1.807, 2.05) is 30.3 Å². The molecule has 4 rings (SSSR count). The van der Waals surface area contributed by atoms with Crippen LogP contribution < -0.4 is 10.1 Å². The fourth-order valence-corrected chi connectivity index (χ4v) is 4.22. The number of benzene rings is 2. The first-order valence-corrected chi connectivity index (χ1v) is 8.89. The topological polar surface area (TPSA) is 41.6 Å². The van der Waals surface area contributed by atoms with Gasteiger partial charge in [0.25, 0.3) is 0 Å². The van der Waals surface area contributed by atoms with Crippen LogP contribution in [0.4, 0.5) is 0 Å². The first-order chi connectivity index (χ1) is 12.1. The molecule has 1 N–H and O–H groups in total. The standard InChI is InChI=1S/C21H24N2O2/c1-14-7-3-4-8-15(14)11-22-21(24)17-12-23(2)20-16-9-5-6-10-19(16)25-13-18(17)20/h3-10,17-18,20H,11-13H2,1-2H3,(H,22,24)/t17-,18+,20+/m1/s1. The van der Waals surface area contributed by atoms with Gasteiger partial charge in [0, 0.05) is 30.6 Å². The Kier molecular flexibility index (Phi) is 4.22. The molecule has 0 unspecified atom stereocenters. The monoisotopic (exact) mass is 336 g/mol. The van der Waals surface area contributed by atoms with E-state index in [2.05, 4.69) is 42.4 Å². The molecule has 1 fully saturated rings. The molecule has 0 bridgehead atoms. The molecule has 3 atom stereocenters. The van der Waals surface area contributed by atoms with Crippen molar-refractivity contribution in [2.75, 3.05) is 20.2 Å². The van der Waals surface area contributed by atoms with Gasteiger partial charge >= 0.3 is 0 Å². The molecule has 0 spiro atoms. The number of ether oxygens (including phenoxy) is 1. The van der Waals surface area contributed by atoms with Crippen LogP contribution in [0, 0.1) is 18.8 Å². The lowest BCUT2D eigenvalue weighted by molar-refractivity contribution is -0.126. The number of likely N-dealkylation sites (tertiary alicyclic amines) is 1. The molecule has 4 nitrogen and oxygen atoms in total. The van der Waals surface area contributed by atoms with E-state index in [9.17, 15) is 4.79 Å². The minimum absolute atomic E-state index is 0.0348. The zero-order valence-corrected chi connectivity index (χ0v) is 14.7. The number of fused-ring (bicyclic) bond motifs is 3. The number of carbonyl (C=O) groups is 1. The number of nitrogens with one attached hydrogen (secondary N) is 1. The lowest BCUT2D eigenvalue weighted by Crippen LogP contribution is -2.38. The van der Waals surface area contributed by atoms with Crippen LogP contribution in [0.25, 0.3) is 0 Å². The summed E-state index contributed by atoms with van der Waals surface area (Å²) >= 11 is 0. The van der Waals surface area contributed by atoms with Gasteiger partial charge < -0.3 is 10.1 Å². The van der Waals surface area contributed by atoms with Gasteiger partial charge in [-0.25, -0.2) is 0 Å². The summed E-state index contributed by atoms with van der Waals surface area (Å²) in [4.78, 5) is 15.1. The van der Waals surface area contributed by atoms with E-state index in [1.54, 1.807) is 0 Å². The highest BCUT2D eigenvalue weighted by Gasteiger charge is 2.47. The predicted molar refractivity (Wildman–Crippen MR) is 97.3 cm³/mol. The number of nitrogens with zero attached hydrogens (tertiary/aromatic N) is 1. The number of aryl methyl sites for hydroxylation is 1. The molecule has 25 heavy (non-hydrogen) atoms. The van der Waals surface area contributed by atoms with E-state index >= 15 is 0 Å². The molecule has 2 aromatic rings. The Hall–Kier alpha value is -2.33. The smallest absolute Gasteiger partial charge is 0.225 e. The fourth-order valence-electron chi connectivity index (χ4n) is 4.22. The van der Waals surface area contributed by atoms with E-state index in [0.29, 0.717) is 13.2 Å². The van der Waals surface area contributed by atoms with Gasteiger partial charge in [0.15, 0.2) is 0 Å². The summed E-state index contributed by atoms with van der Waals surface area (Å²) < 4.78 is 5.94. The largest absolute Gasteiger partial charge is 0.493 e. The van der Waals surface area contributed by atoms with Gasteiger partial charge in [0.05, 0.1) is 12.5 Å². The van der Waals surface area contributed by atoms with Gasteiger partial charge in [-0.05, 0) is 31.2 Å². The number of hydrogen-bond donors (Lipinski definition) is 1. The van der Waals surface area contributed by atoms with Crippen molar-refractivity contribution in [3.8, 4) is 5.75 Å². The Morgan fingerprint density at radius 1 is 1.20 bits per heavy atom. The normalized spacial score (nSPS) is 25.0. The molecule has 1 amide bonds. The first-order valence-electron chi connectivity index (χ1n) is 8.89. The van der Waals surface area contributed by atoms with Crippen molar-refractivity contribution in [1.82, 2.24) is 10.2 Å². The average Bonchev–Trinajstić information content (AvgIpc) is 2.98. The summed E-state index contributed by atoms with van der Waals surface area (Å²) in [6.07, 6.45) is 0. The summed E-state index contributed by atoms with van der Waals surface area (Å²) in [7, 11) is 2.11. The van der Waals surface area contributed by atoms with Crippen LogP contribution in [0.5, 0.6) is 5.75 Å². The fraction of sp³-hybridized carbons (Fsp3) is 0.381. The van der Waals surface area contributed by atoms with Crippen LogP contribution in [0.15, 0.2) is 48.5 Å². The third-order valence-corrected chi connectivity index (χ3v) is 5.60. The lowest BCUT2D eigenvalue weighted by Gasteiger charge is -2.32. The maximum absolute atomic E-state index is 12.8. The summed E-state index contributed by atoms with van der Waals surface area (Å²) in [6, 6.07) is 16.6. The number of rotatable bonds is 3. The van der Waals surface area contributed by atoms with Crippen LogP contribution in [0.2, 0.25) is 0 Å². The van der Waals surface area contributed by atoms with Gasteiger partial charge in [0.2, 0.25) is 5.91 Å². The Bertz CT molecular complexity index is 789. The van der Waals surface area contributed by atoms with E-state index in [0.717, 1.165) is 12.3 Å². The van der Waals surface area contributed by atoms with Crippen LogP contribution in [-0.2, 0) is 11.3 Å². The predicted octanol–water partition coefficient (Wildman–Crippen LogP) is 2.92. The second-order valence-electron chi connectivity index (χ2n) is 7.15. The molecule has 1 saturated heterocycles. The molecule has 2 aliphatic rings. The van der Waals surface area contributed by atoms with E-state index < -0.39 is 0 Å². The molecule has 2 aromatic carbocycles. The Morgan fingerprint density at radius 2 is 1.96 bits per heavy atom. The van der Waals surface area contributed by atoms with Crippen LogP contribution >= 0.6 is 0 Å². The summed E-state index contributed by atoms with van der Waals surface area (Å²) in [5.41, 5.74) is 3.58. The van der Waals surface area contributed by atoms with Crippen molar-refractivity contribution >= 4 is 5.91 Å². The molecule has 130 valence electrons. The number of para-hydroxylation sites is 1. The maximum Gasteiger partial charge on any atom is 0.225 e. The molecular weight excluding hydrogens is 312 g/mol. The van der Waals surface area contributed by atoms with Crippen LogP contribution in [0.3, 0.4) is 0 Å². The van der Waals surface area contributed by atoms with Gasteiger partial charge in [-0.1, -0.05) is 42.5 Å². The average molecular weight is 336 g/mol. The van der Waals surface area contributed by atoms with Crippen LogP contribution in [-0.4, -0.2) is 31.0 Å². The SMILES string of the molecule is Cc1ccccc1CNC(=O)[C@@H]1CN(C)[C@H]2c3ccccc3OC[C@@H]12. The molecule has 0 saturated carbocycles. The second-order valence-corrected chi connectivity index (χ2v) is 7.15. The maximum atomic E-state index is 12.8. The highest BCUT2D eigenvalue weighted by atomic mass is 16.5. The minimum atomic E-state index is -0.0348. The first kappa shape index (κ1) is 16.2. The number of hydrogen-bond acceptors (Lipinski definition) is 3. The highest BCUT2D eigenvalue weighted by molar-refractivity contribution is 5.80. The van der Waals surface area contributed by atoms with Crippen molar-refractivity contribution in [3.63, 3.8) is 0 Å². The van der Waals surface area contributed by atoms with E-state index in [1.165, 1.54) is 16.7 Å². The zero-order valence-electron chi connectivity index (χ0n) is 14.7. The summed E-state index contributed by atoms with van der Waals surface area (Å²) in [5, 5.41) is 3.14. The van der Waals surface area contributed by atoms with E-state index in [4.69, 9.17) is 4.74 Å². The van der Waals surface area contributed by atoms with Gasteiger partial charge in [-0.2, -0.15) is 0 Å². The second kappa shape index (κ2) is 6.52. The molecule has 0 aromatic heterocycles.